The number of carbonyl (C=O) groups excluding carboxylic acids is 1. The first kappa shape index (κ1) is 10.2. The van der Waals surface area contributed by atoms with Gasteiger partial charge in [0.1, 0.15) is 0 Å². The van der Waals surface area contributed by atoms with E-state index < -0.39 is 0 Å². The van der Waals surface area contributed by atoms with Crippen molar-refractivity contribution in [3.05, 3.63) is 35.9 Å². The van der Waals surface area contributed by atoms with E-state index in [2.05, 4.69) is 0 Å². The Bertz CT molecular complexity index is 334. The van der Waals surface area contributed by atoms with Gasteiger partial charge in [-0.3, -0.25) is 0 Å². The van der Waals surface area contributed by atoms with Crippen molar-refractivity contribution in [1.82, 2.24) is 0 Å². The highest BCUT2D eigenvalue weighted by molar-refractivity contribution is 5.78. The Kier molecular flexibility index (Phi) is 3.02. The van der Waals surface area contributed by atoms with Gasteiger partial charge < -0.3 is 9.47 Å². The van der Waals surface area contributed by atoms with E-state index in [4.69, 9.17) is 9.47 Å². The van der Waals surface area contributed by atoms with E-state index in [-0.39, 0.29) is 18.2 Å². The fourth-order valence-corrected chi connectivity index (χ4v) is 1.58. The first-order valence-electron chi connectivity index (χ1n) is 5.17. The molecule has 1 aromatic carbocycles. The smallest absolute Gasteiger partial charge is 0.338 e. The summed E-state index contributed by atoms with van der Waals surface area (Å²) in [6.45, 7) is 2.21. The molecule has 3 nitrogen and oxygen atoms in total. The lowest BCUT2D eigenvalue weighted by Crippen LogP contribution is -2.14. The van der Waals surface area contributed by atoms with Gasteiger partial charge in [-0.1, -0.05) is 30.3 Å². The van der Waals surface area contributed by atoms with Crippen molar-refractivity contribution < 1.29 is 14.3 Å². The second kappa shape index (κ2) is 4.45. The summed E-state index contributed by atoms with van der Waals surface area (Å²) < 4.78 is 10.1. The summed E-state index contributed by atoms with van der Waals surface area (Å²) in [7, 11) is 0. The average molecular weight is 206 g/mol. The number of esters is 1. The maximum absolute atomic E-state index is 11.3. The zero-order chi connectivity index (χ0) is 10.7. The second-order valence-electron chi connectivity index (χ2n) is 3.54. The molecule has 80 valence electrons. The number of carbonyl (C=O) groups is 1. The predicted molar refractivity (Wildman–Crippen MR) is 55.4 cm³/mol. The van der Waals surface area contributed by atoms with E-state index in [9.17, 15) is 4.79 Å². The zero-order valence-electron chi connectivity index (χ0n) is 8.68. The quantitative estimate of drug-likeness (QED) is 0.554. The maximum Gasteiger partial charge on any atom is 0.338 e. The largest absolute Gasteiger partial charge is 0.464 e. The SMILES string of the molecule is CCOC(=O)C1OC1Cc1ccccc1. The van der Waals surface area contributed by atoms with Crippen LogP contribution in [-0.2, 0) is 20.7 Å². The van der Waals surface area contributed by atoms with Crippen LogP contribution in [0.5, 0.6) is 0 Å². The lowest BCUT2D eigenvalue weighted by molar-refractivity contribution is -0.144. The Balaban J connectivity index is 1.83. The Morgan fingerprint density at radius 3 is 2.80 bits per heavy atom. The van der Waals surface area contributed by atoms with Crippen molar-refractivity contribution >= 4 is 5.97 Å². The molecule has 0 aliphatic carbocycles. The molecule has 1 saturated heterocycles. The summed E-state index contributed by atoms with van der Waals surface area (Å²) in [5.74, 6) is -0.238. The van der Waals surface area contributed by atoms with Gasteiger partial charge in [0.15, 0.2) is 6.10 Å². The summed E-state index contributed by atoms with van der Waals surface area (Å²) in [6.07, 6.45) is 0.446. The molecule has 2 unspecified atom stereocenters. The highest BCUT2D eigenvalue weighted by Crippen LogP contribution is 2.26. The molecule has 1 heterocycles. The van der Waals surface area contributed by atoms with Crippen LogP contribution in [0, 0.1) is 0 Å². The van der Waals surface area contributed by atoms with Crippen LogP contribution in [0.25, 0.3) is 0 Å². The van der Waals surface area contributed by atoms with Gasteiger partial charge in [0, 0.05) is 6.42 Å². The molecule has 2 rings (SSSR count). The van der Waals surface area contributed by atoms with Gasteiger partial charge in [0.2, 0.25) is 0 Å². The Labute approximate surface area is 89.0 Å². The molecule has 1 fully saturated rings. The van der Waals surface area contributed by atoms with Gasteiger partial charge >= 0.3 is 5.97 Å². The molecule has 3 heteroatoms. The van der Waals surface area contributed by atoms with E-state index in [0.29, 0.717) is 6.61 Å². The second-order valence-corrected chi connectivity index (χ2v) is 3.54. The van der Waals surface area contributed by atoms with E-state index in [1.807, 2.05) is 30.3 Å². The van der Waals surface area contributed by atoms with Gasteiger partial charge in [0.05, 0.1) is 12.7 Å². The third-order valence-electron chi connectivity index (χ3n) is 2.38. The van der Waals surface area contributed by atoms with Crippen molar-refractivity contribution in [1.29, 1.82) is 0 Å². The van der Waals surface area contributed by atoms with Crippen molar-refractivity contribution in [2.45, 2.75) is 25.6 Å². The summed E-state index contributed by atoms with van der Waals surface area (Å²) in [5.41, 5.74) is 1.19. The molecule has 0 amide bonds. The maximum atomic E-state index is 11.3. The zero-order valence-corrected chi connectivity index (χ0v) is 8.68. The Morgan fingerprint density at radius 1 is 1.40 bits per heavy atom. The molecule has 1 aliphatic heterocycles. The molecule has 0 aromatic heterocycles. The van der Waals surface area contributed by atoms with Crippen molar-refractivity contribution in [2.24, 2.45) is 0 Å². The number of epoxide rings is 1. The Morgan fingerprint density at radius 2 is 2.13 bits per heavy atom. The van der Waals surface area contributed by atoms with Gasteiger partial charge in [-0.05, 0) is 12.5 Å². The van der Waals surface area contributed by atoms with E-state index in [1.54, 1.807) is 6.92 Å². The van der Waals surface area contributed by atoms with Crippen LogP contribution in [0.1, 0.15) is 12.5 Å². The standard InChI is InChI=1S/C12H14O3/c1-2-14-12(13)11-10(15-11)8-9-6-4-3-5-7-9/h3-7,10-11H,2,8H2,1H3. The highest BCUT2D eigenvalue weighted by atomic mass is 16.6. The number of hydrogen-bond acceptors (Lipinski definition) is 3. The summed E-state index contributed by atoms with van der Waals surface area (Å²) >= 11 is 0. The lowest BCUT2D eigenvalue weighted by Gasteiger charge is -1.97. The third-order valence-corrected chi connectivity index (χ3v) is 2.38. The Hall–Kier alpha value is -1.35. The topological polar surface area (TPSA) is 38.8 Å². The van der Waals surface area contributed by atoms with Crippen LogP contribution in [0.3, 0.4) is 0 Å². The molecule has 0 radical (unpaired) electrons. The summed E-state index contributed by atoms with van der Waals surface area (Å²) in [6, 6.07) is 10.0. The van der Waals surface area contributed by atoms with Gasteiger partial charge in [0.25, 0.3) is 0 Å². The first-order valence-corrected chi connectivity index (χ1v) is 5.17. The van der Waals surface area contributed by atoms with Gasteiger partial charge in [-0.2, -0.15) is 0 Å². The minimum atomic E-state index is -0.342. The van der Waals surface area contributed by atoms with Crippen LogP contribution < -0.4 is 0 Å². The van der Waals surface area contributed by atoms with Crippen molar-refractivity contribution in [3.63, 3.8) is 0 Å². The molecular formula is C12H14O3. The number of ether oxygens (including phenoxy) is 2. The van der Waals surface area contributed by atoms with Gasteiger partial charge in [-0.25, -0.2) is 4.79 Å². The van der Waals surface area contributed by atoms with Crippen LogP contribution in [0.2, 0.25) is 0 Å². The first-order chi connectivity index (χ1) is 7.31. The van der Waals surface area contributed by atoms with Crippen molar-refractivity contribution in [3.8, 4) is 0 Å². The van der Waals surface area contributed by atoms with E-state index in [1.165, 1.54) is 5.56 Å². The van der Waals surface area contributed by atoms with Crippen LogP contribution in [0.15, 0.2) is 30.3 Å². The normalized spacial score (nSPS) is 23.5. The molecule has 0 saturated carbocycles. The predicted octanol–water partition coefficient (Wildman–Crippen LogP) is 1.56. The molecule has 1 aliphatic rings. The molecule has 0 N–H and O–H groups in total. The van der Waals surface area contributed by atoms with Crippen molar-refractivity contribution in [2.75, 3.05) is 6.61 Å². The van der Waals surface area contributed by atoms with Crippen LogP contribution in [0.4, 0.5) is 0 Å². The number of hydrogen-bond donors (Lipinski definition) is 0. The van der Waals surface area contributed by atoms with Crippen LogP contribution >= 0.6 is 0 Å². The molecule has 1 aromatic rings. The summed E-state index contributed by atoms with van der Waals surface area (Å²) in [5, 5.41) is 0. The van der Waals surface area contributed by atoms with E-state index >= 15 is 0 Å². The van der Waals surface area contributed by atoms with E-state index in [0.717, 1.165) is 6.42 Å². The fraction of sp³-hybridized carbons (Fsp3) is 0.417. The van der Waals surface area contributed by atoms with Crippen LogP contribution in [-0.4, -0.2) is 24.8 Å². The summed E-state index contributed by atoms with van der Waals surface area (Å²) in [4.78, 5) is 11.3. The average Bonchev–Trinajstić information content (AvgIpc) is 2.99. The monoisotopic (exact) mass is 206 g/mol. The third kappa shape index (κ3) is 2.57. The minimum Gasteiger partial charge on any atom is -0.464 e. The van der Waals surface area contributed by atoms with Gasteiger partial charge in [-0.15, -0.1) is 0 Å². The minimum absolute atomic E-state index is 0.00597. The molecule has 0 spiro atoms. The highest BCUT2D eigenvalue weighted by Gasteiger charge is 2.45. The molecule has 15 heavy (non-hydrogen) atoms. The molecule has 0 bridgehead atoms. The molecular weight excluding hydrogens is 192 g/mol. The lowest BCUT2D eigenvalue weighted by atomic mass is 10.1. The number of rotatable bonds is 4. The fourth-order valence-electron chi connectivity index (χ4n) is 1.58. The molecule has 2 atom stereocenters. The number of benzene rings is 1.